The van der Waals surface area contributed by atoms with E-state index in [0.717, 1.165) is 0 Å². The van der Waals surface area contributed by atoms with Gasteiger partial charge in [-0.15, -0.1) is 16.8 Å². The van der Waals surface area contributed by atoms with Crippen LogP contribution in [-0.2, 0) is 5.41 Å². The second kappa shape index (κ2) is 7.05. The lowest BCUT2D eigenvalue weighted by molar-refractivity contribution is 0.102. The van der Waals surface area contributed by atoms with Crippen molar-refractivity contribution in [3.05, 3.63) is 60.2 Å². The van der Waals surface area contributed by atoms with Gasteiger partial charge in [0.05, 0.1) is 0 Å². The van der Waals surface area contributed by atoms with Crippen molar-refractivity contribution in [2.24, 2.45) is 0 Å². The summed E-state index contributed by atoms with van der Waals surface area (Å²) in [4.78, 5) is 12.2. The number of carbonyl (C=O) groups is 1. The van der Waals surface area contributed by atoms with E-state index in [1.165, 1.54) is 5.56 Å². The van der Waals surface area contributed by atoms with E-state index in [0.29, 0.717) is 23.7 Å². The third-order valence-corrected chi connectivity index (χ3v) is 3.35. The molecule has 2 aromatic rings. The highest BCUT2D eigenvalue weighted by Gasteiger charge is 2.14. The van der Waals surface area contributed by atoms with E-state index in [2.05, 4.69) is 48.2 Å². The zero-order valence-corrected chi connectivity index (χ0v) is 13.8. The van der Waals surface area contributed by atoms with Crippen LogP contribution in [0, 0.1) is 0 Å². The van der Waals surface area contributed by atoms with Crippen LogP contribution < -0.4 is 10.6 Å². The van der Waals surface area contributed by atoms with Crippen molar-refractivity contribution < 1.29 is 4.79 Å². The fraction of sp³-hybridized carbons (Fsp3) is 0.278. The maximum Gasteiger partial charge on any atom is 0.256 e. The predicted molar refractivity (Wildman–Crippen MR) is 93.8 cm³/mol. The Bertz CT molecular complexity index is 670. The summed E-state index contributed by atoms with van der Waals surface area (Å²) in [6, 6.07) is 11.1. The van der Waals surface area contributed by atoms with E-state index in [4.69, 9.17) is 0 Å². The normalized spacial score (nSPS) is 10.9. The molecule has 0 aliphatic rings. The van der Waals surface area contributed by atoms with Crippen LogP contribution in [0.1, 0.15) is 36.7 Å². The van der Waals surface area contributed by atoms with Gasteiger partial charge in [0, 0.05) is 12.1 Å². The number of hydrogen-bond donors (Lipinski definition) is 2. The van der Waals surface area contributed by atoms with Crippen LogP contribution in [-0.4, -0.2) is 22.6 Å². The molecule has 1 heterocycles. The highest BCUT2D eigenvalue weighted by Crippen LogP contribution is 2.22. The Hall–Kier alpha value is -2.69. The molecule has 2 N–H and O–H groups in total. The first-order valence-electron chi connectivity index (χ1n) is 7.50. The molecule has 0 aliphatic carbocycles. The first-order valence-corrected chi connectivity index (χ1v) is 7.50. The number of nitrogens with one attached hydrogen (secondary N) is 2. The van der Waals surface area contributed by atoms with E-state index in [-0.39, 0.29) is 11.3 Å². The van der Waals surface area contributed by atoms with Gasteiger partial charge in [-0.3, -0.25) is 4.79 Å². The molecule has 0 saturated heterocycles. The molecule has 0 aliphatic heterocycles. The molecule has 1 amide bonds. The first kappa shape index (κ1) is 16.7. The average molecular weight is 310 g/mol. The summed E-state index contributed by atoms with van der Waals surface area (Å²) < 4.78 is 0. The zero-order valence-electron chi connectivity index (χ0n) is 13.8. The minimum atomic E-state index is -0.202. The van der Waals surface area contributed by atoms with Crippen LogP contribution in [0.2, 0.25) is 0 Å². The summed E-state index contributed by atoms with van der Waals surface area (Å²) in [7, 11) is 0. The Morgan fingerprint density at radius 1 is 1.09 bits per heavy atom. The van der Waals surface area contributed by atoms with Gasteiger partial charge in [-0.05, 0) is 35.2 Å². The molecule has 5 heteroatoms. The van der Waals surface area contributed by atoms with E-state index >= 15 is 0 Å². The molecule has 23 heavy (non-hydrogen) atoms. The Morgan fingerprint density at radius 3 is 2.22 bits per heavy atom. The molecule has 5 nitrogen and oxygen atoms in total. The molecule has 1 aromatic carbocycles. The fourth-order valence-electron chi connectivity index (χ4n) is 1.98. The molecular weight excluding hydrogens is 288 g/mol. The summed E-state index contributed by atoms with van der Waals surface area (Å²) in [5.41, 5.74) is 1.84. The first-order chi connectivity index (χ1) is 10.9. The molecule has 0 saturated carbocycles. The highest BCUT2D eigenvalue weighted by atomic mass is 16.1. The van der Waals surface area contributed by atoms with E-state index in [1.807, 2.05) is 24.3 Å². The van der Waals surface area contributed by atoms with Crippen molar-refractivity contribution in [3.63, 3.8) is 0 Å². The number of amides is 1. The van der Waals surface area contributed by atoms with Crippen LogP contribution >= 0.6 is 0 Å². The van der Waals surface area contributed by atoms with Crippen molar-refractivity contribution in [3.8, 4) is 0 Å². The predicted octanol–water partition coefficient (Wildman–Crippen LogP) is 3.62. The van der Waals surface area contributed by atoms with Crippen LogP contribution in [0.5, 0.6) is 0 Å². The Morgan fingerprint density at radius 2 is 1.70 bits per heavy atom. The van der Waals surface area contributed by atoms with Gasteiger partial charge in [0.1, 0.15) is 5.82 Å². The van der Waals surface area contributed by atoms with Crippen LogP contribution in [0.4, 0.5) is 11.6 Å². The average Bonchev–Trinajstić information content (AvgIpc) is 2.53. The SMILES string of the molecule is C=CCNc1ccc(NC(=O)c2ccc(C(C)(C)C)cc2)nn1. The highest BCUT2D eigenvalue weighted by molar-refractivity contribution is 6.03. The lowest BCUT2D eigenvalue weighted by atomic mass is 9.87. The molecule has 2 rings (SSSR count). The Balaban J connectivity index is 2.02. The van der Waals surface area contributed by atoms with Gasteiger partial charge in [-0.1, -0.05) is 39.0 Å². The van der Waals surface area contributed by atoms with Gasteiger partial charge in [0.15, 0.2) is 5.82 Å². The quantitative estimate of drug-likeness (QED) is 0.828. The molecule has 0 bridgehead atoms. The molecule has 1 aromatic heterocycles. The third kappa shape index (κ3) is 4.64. The molecule has 0 spiro atoms. The topological polar surface area (TPSA) is 66.9 Å². The minimum absolute atomic E-state index is 0.0642. The number of nitrogens with zero attached hydrogens (tertiary/aromatic N) is 2. The Labute approximate surface area is 136 Å². The second-order valence-corrected chi connectivity index (χ2v) is 6.25. The third-order valence-electron chi connectivity index (χ3n) is 3.35. The van der Waals surface area contributed by atoms with Crippen molar-refractivity contribution >= 4 is 17.5 Å². The van der Waals surface area contributed by atoms with E-state index < -0.39 is 0 Å². The fourth-order valence-corrected chi connectivity index (χ4v) is 1.98. The van der Waals surface area contributed by atoms with Crippen molar-refractivity contribution in [2.75, 3.05) is 17.2 Å². The molecule has 0 radical (unpaired) electrons. The van der Waals surface area contributed by atoms with Crippen molar-refractivity contribution in [1.82, 2.24) is 10.2 Å². The van der Waals surface area contributed by atoms with Gasteiger partial charge in [-0.2, -0.15) is 0 Å². The van der Waals surface area contributed by atoms with E-state index in [9.17, 15) is 4.79 Å². The summed E-state index contributed by atoms with van der Waals surface area (Å²) >= 11 is 0. The lowest BCUT2D eigenvalue weighted by Gasteiger charge is -2.19. The minimum Gasteiger partial charge on any atom is -0.365 e. The molecule has 0 atom stereocenters. The number of anilines is 2. The smallest absolute Gasteiger partial charge is 0.256 e. The Kier molecular flexibility index (Phi) is 5.11. The second-order valence-electron chi connectivity index (χ2n) is 6.25. The number of rotatable bonds is 5. The summed E-state index contributed by atoms with van der Waals surface area (Å²) in [5, 5.41) is 13.7. The van der Waals surface area contributed by atoms with Crippen LogP contribution in [0.15, 0.2) is 49.1 Å². The maximum absolute atomic E-state index is 12.2. The van der Waals surface area contributed by atoms with E-state index in [1.54, 1.807) is 18.2 Å². The van der Waals surface area contributed by atoms with Gasteiger partial charge in [-0.25, -0.2) is 0 Å². The number of benzene rings is 1. The summed E-state index contributed by atoms with van der Waals surface area (Å²) in [6.07, 6.45) is 1.73. The van der Waals surface area contributed by atoms with Gasteiger partial charge < -0.3 is 10.6 Å². The molecular formula is C18H22N4O. The lowest BCUT2D eigenvalue weighted by Crippen LogP contribution is -2.15. The number of carbonyl (C=O) groups excluding carboxylic acids is 1. The van der Waals surface area contributed by atoms with Crippen molar-refractivity contribution in [1.29, 1.82) is 0 Å². The van der Waals surface area contributed by atoms with Crippen molar-refractivity contribution in [2.45, 2.75) is 26.2 Å². The summed E-state index contributed by atoms with van der Waals surface area (Å²) in [6.45, 7) is 10.6. The maximum atomic E-state index is 12.2. The summed E-state index contributed by atoms with van der Waals surface area (Å²) in [5.74, 6) is 0.850. The standard InChI is InChI=1S/C18H22N4O/c1-5-12-19-15-10-11-16(22-21-15)20-17(23)13-6-8-14(9-7-13)18(2,3)4/h5-11H,1,12H2,2-4H3,(H,19,21)(H,20,22,23). The molecule has 0 unspecified atom stereocenters. The largest absolute Gasteiger partial charge is 0.365 e. The zero-order chi connectivity index (χ0) is 16.9. The number of aromatic nitrogens is 2. The monoisotopic (exact) mass is 310 g/mol. The van der Waals surface area contributed by atoms with Crippen LogP contribution in [0.3, 0.4) is 0 Å². The van der Waals surface area contributed by atoms with Gasteiger partial charge >= 0.3 is 0 Å². The van der Waals surface area contributed by atoms with Gasteiger partial charge in [0.25, 0.3) is 5.91 Å². The number of hydrogen-bond acceptors (Lipinski definition) is 4. The van der Waals surface area contributed by atoms with Gasteiger partial charge in [0.2, 0.25) is 0 Å². The molecule has 0 fully saturated rings. The molecule has 120 valence electrons. The van der Waals surface area contributed by atoms with Crippen LogP contribution in [0.25, 0.3) is 0 Å².